The number of aromatic nitrogens is 3. The summed E-state index contributed by atoms with van der Waals surface area (Å²) in [7, 11) is 3.91. The fraction of sp³-hybridized carbons (Fsp3) is 0.158. The number of imidazole rings is 1. The minimum Gasteiger partial charge on any atom is -0.426 e. The Morgan fingerprint density at radius 3 is 2.79 bits per heavy atom. The number of esters is 1. The third kappa shape index (κ3) is 2.44. The molecule has 0 aliphatic carbocycles. The second-order valence-electron chi connectivity index (χ2n) is 5.94. The Bertz CT molecular complexity index is 1060. The molecule has 4 aromatic rings. The maximum atomic E-state index is 12.3. The molecule has 2 aromatic heterocycles. The van der Waals surface area contributed by atoms with E-state index < -0.39 is 0 Å². The molecule has 0 fully saturated rings. The van der Waals surface area contributed by atoms with Crippen molar-refractivity contribution >= 4 is 27.9 Å². The normalized spacial score (nSPS) is 11.2. The molecule has 5 nitrogen and oxygen atoms in total. The molecule has 0 aliphatic rings. The molecule has 2 aromatic carbocycles. The van der Waals surface area contributed by atoms with E-state index in [0.717, 1.165) is 27.5 Å². The summed E-state index contributed by atoms with van der Waals surface area (Å²) in [6.45, 7) is 0. The van der Waals surface area contributed by atoms with Gasteiger partial charge in [-0.05, 0) is 23.8 Å². The third-order valence-electron chi connectivity index (χ3n) is 4.24. The fourth-order valence-corrected chi connectivity index (χ4v) is 3.07. The van der Waals surface area contributed by atoms with Gasteiger partial charge in [-0.3, -0.25) is 4.79 Å². The molecular formula is C19H17N3O2. The summed E-state index contributed by atoms with van der Waals surface area (Å²) < 4.78 is 9.45. The first-order valence-electron chi connectivity index (χ1n) is 7.76. The zero-order valence-corrected chi connectivity index (χ0v) is 13.6. The molecule has 0 aliphatic heterocycles. The van der Waals surface area contributed by atoms with Crippen molar-refractivity contribution in [2.24, 2.45) is 14.1 Å². The van der Waals surface area contributed by atoms with Crippen molar-refractivity contribution in [2.45, 2.75) is 6.42 Å². The van der Waals surface area contributed by atoms with Crippen molar-refractivity contribution in [2.75, 3.05) is 0 Å². The van der Waals surface area contributed by atoms with Gasteiger partial charge in [-0.15, -0.1) is 0 Å². The van der Waals surface area contributed by atoms with Gasteiger partial charge in [0.1, 0.15) is 5.75 Å². The molecule has 0 saturated carbocycles. The number of ether oxygens (including phenoxy) is 1. The van der Waals surface area contributed by atoms with Crippen molar-refractivity contribution in [3.05, 3.63) is 60.6 Å². The van der Waals surface area contributed by atoms with E-state index in [1.54, 1.807) is 18.5 Å². The Labute approximate surface area is 139 Å². The van der Waals surface area contributed by atoms with Crippen molar-refractivity contribution < 1.29 is 9.53 Å². The first-order valence-corrected chi connectivity index (χ1v) is 7.76. The smallest absolute Gasteiger partial charge is 0.315 e. The van der Waals surface area contributed by atoms with E-state index in [2.05, 4.69) is 4.98 Å². The summed E-state index contributed by atoms with van der Waals surface area (Å²) in [5.41, 5.74) is 3.89. The number of carbonyl (C=O) groups is 1. The van der Waals surface area contributed by atoms with Gasteiger partial charge in [0.15, 0.2) is 0 Å². The van der Waals surface area contributed by atoms with Gasteiger partial charge in [0.2, 0.25) is 0 Å². The van der Waals surface area contributed by atoms with Crippen LogP contribution in [0.5, 0.6) is 5.75 Å². The Kier molecular flexibility index (Phi) is 3.34. The molecule has 24 heavy (non-hydrogen) atoms. The van der Waals surface area contributed by atoms with Crippen LogP contribution in [0.25, 0.3) is 21.9 Å². The fourth-order valence-electron chi connectivity index (χ4n) is 3.07. The lowest BCUT2D eigenvalue weighted by molar-refractivity contribution is -0.133. The van der Waals surface area contributed by atoms with Gasteiger partial charge in [0.25, 0.3) is 0 Å². The summed E-state index contributed by atoms with van der Waals surface area (Å²) in [4.78, 5) is 16.6. The van der Waals surface area contributed by atoms with E-state index in [1.165, 1.54) is 0 Å². The summed E-state index contributed by atoms with van der Waals surface area (Å²) in [6.07, 6.45) is 3.96. The predicted molar refractivity (Wildman–Crippen MR) is 93.0 cm³/mol. The molecule has 0 saturated heterocycles. The third-order valence-corrected chi connectivity index (χ3v) is 4.24. The van der Waals surface area contributed by atoms with E-state index in [1.807, 2.05) is 59.8 Å². The number of hydrogen-bond donors (Lipinski definition) is 0. The molecule has 0 N–H and O–H groups in total. The van der Waals surface area contributed by atoms with Crippen LogP contribution in [-0.2, 0) is 25.3 Å². The van der Waals surface area contributed by atoms with E-state index in [0.29, 0.717) is 5.75 Å². The molecule has 120 valence electrons. The Morgan fingerprint density at radius 1 is 1.08 bits per heavy atom. The Balaban J connectivity index is 1.57. The van der Waals surface area contributed by atoms with Crippen LogP contribution >= 0.6 is 0 Å². The second kappa shape index (κ2) is 5.53. The van der Waals surface area contributed by atoms with Crippen molar-refractivity contribution in [3.63, 3.8) is 0 Å². The van der Waals surface area contributed by atoms with Gasteiger partial charge in [-0.2, -0.15) is 0 Å². The molecule has 0 bridgehead atoms. The lowest BCUT2D eigenvalue weighted by Crippen LogP contribution is -2.11. The van der Waals surface area contributed by atoms with Gasteiger partial charge in [0.05, 0.1) is 23.8 Å². The molecule has 2 heterocycles. The van der Waals surface area contributed by atoms with Crippen molar-refractivity contribution in [1.82, 2.24) is 14.1 Å². The van der Waals surface area contributed by atoms with E-state index in [9.17, 15) is 4.79 Å². The predicted octanol–water partition coefficient (Wildman–Crippen LogP) is 3.21. The van der Waals surface area contributed by atoms with Gasteiger partial charge in [-0.1, -0.05) is 18.2 Å². The second-order valence-corrected chi connectivity index (χ2v) is 5.94. The number of nitrogens with zero attached hydrogens (tertiary/aromatic N) is 3. The first kappa shape index (κ1) is 14.5. The summed E-state index contributed by atoms with van der Waals surface area (Å²) >= 11 is 0. The van der Waals surface area contributed by atoms with Crippen LogP contribution in [0.3, 0.4) is 0 Å². The monoisotopic (exact) mass is 319 g/mol. The maximum Gasteiger partial charge on any atom is 0.315 e. The quantitative estimate of drug-likeness (QED) is 0.430. The Hall–Kier alpha value is -3.08. The molecule has 4 rings (SSSR count). The van der Waals surface area contributed by atoms with Gasteiger partial charge in [-0.25, -0.2) is 4.98 Å². The topological polar surface area (TPSA) is 49.1 Å². The van der Waals surface area contributed by atoms with Gasteiger partial charge < -0.3 is 13.9 Å². The summed E-state index contributed by atoms with van der Waals surface area (Å²) in [5, 5.41) is 1.08. The number of para-hydroxylation sites is 1. The number of benzene rings is 2. The zero-order chi connectivity index (χ0) is 16.7. The highest BCUT2D eigenvalue weighted by atomic mass is 16.5. The number of rotatable bonds is 3. The van der Waals surface area contributed by atoms with Crippen LogP contribution in [0.1, 0.15) is 5.56 Å². The molecular weight excluding hydrogens is 302 g/mol. The van der Waals surface area contributed by atoms with E-state index in [-0.39, 0.29) is 12.4 Å². The average Bonchev–Trinajstić information content (AvgIpc) is 3.09. The molecule has 5 heteroatoms. The zero-order valence-electron chi connectivity index (χ0n) is 13.6. The maximum absolute atomic E-state index is 12.3. The highest BCUT2D eigenvalue weighted by Crippen LogP contribution is 2.23. The lowest BCUT2D eigenvalue weighted by Gasteiger charge is -2.04. The number of carbonyl (C=O) groups excluding carboxylic acids is 1. The van der Waals surface area contributed by atoms with E-state index in [4.69, 9.17) is 4.74 Å². The molecule has 0 radical (unpaired) electrons. The Morgan fingerprint density at radius 2 is 1.92 bits per heavy atom. The number of hydrogen-bond acceptors (Lipinski definition) is 3. The van der Waals surface area contributed by atoms with Crippen molar-refractivity contribution in [1.29, 1.82) is 0 Å². The highest BCUT2D eigenvalue weighted by molar-refractivity contribution is 5.88. The first-order chi connectivity index (χ1) is 11.6. The minimum atomic E-state index is -0.276. The molecule has 0 amide bonds. The summed E-state index contributed by atoms with van der Waals surface area (Å²) in [5.74, 6) is 0.244. The number of fused-ring (bicyclic) bond motifs is 2. The largest absolute Gasteiger partial charge is 0.426 e. The molecule has 0 unspecified atom stereocenters. The van der Waals surface area contributed by atoms with E-state index >= 15 is 0 Å². The van der Waals surface area contributed by atoms with Crippen LogP contribution in [0.2, 0.25) is 0 Å². The minimum absolute atomic E-state index is 0.238. The van der Waals surface area contributed by atoms with Crippen LogP contribution < -0.4 is 4.74 Å². The van der Waals surface area contributed by atoms with Crippen LogP contribution in [0.15, 0.2) is 55.0 Å². The van der Waals surface area contributed by atoms with Gasteiger partial charge in [0, 0.05) is 37.3 Å². The standard InChI is InChI=1S/C19H17N3O2/c1-21-11-13(15-5-3-4-6-17(15)21)9-19(23)24-14-7-8-18-16(10-14)20-12-22(18)2/h3-8,10-12H,9H2,1-2H3. The van der Waals surface area contributed by atoms with Crippen LogP contribution in [0, 0.1) is 0 Å². The molecule has 0 atom stereocenters. The van der Waals surface area contributed by atoms with Gasteiger partial charge >= 0.3 is 5.97 Å². The molecule has 0 spiro atoms. The lowest BCUT2D eigenvalue weighted by atomic mass is 10.1. The highest BCUT2D eigenvalue weighted by Gasteiger charge is 2.13. The summed E-state index contributed by atoms with van der Waals surface area (Å²) in [6, 6.07) is 13.5. The van der Waals surface area contributed by atoms with Crippen LogP contribution in [-0.4, -0.2) is 20.1 Å². The SMILES string of the molecule is Cn1cnc2cc(OC(=O)Cc3cn(C)c4ccccc34)ccc21. The average molecular weight is 319 g/mol. The number of aryl methyl sites for hydroxylation is 2. The van der Waals surface area contributed by atoms with Crippen LogP contribution in [0.4, 0.5) is 0 Å². The van der Waals surface area contributed by atoms with Crippen molar-refractivity contribution in [3.8, 4) is 5.75 Å².